The van der Waals surface area contributed by atoms with Crippen molar-refractivity contribution in [2.45, 2.75) is 103 Å². The number of hydrogen-bond donors (Lipinski definition) is 0. The molecule has 1 saturated heterocycles. The minimum atomic E-state index is -2.30. The highest BCUT2D eigenvalue weighted by Crippen LogP contribution is 2.42. The summed E-state index contributed by atoms with van der Waals surface area (Å²) >= 11 is 0. The van der Waals surface area contributed by atoms with Gasteiger partial charge in [0.1, 0.15) is 24.7 Å². The van der Waals surface area contributed by atoms with Crippen molar-refractivity contribution in [3.05, 3.63) is 69.0 Å². The van der Waals surface area contributed by atoms with Crippen molar-refractivity contribution in [2.75, 3.05) is 7.11 Å². The van der Waals surface area contributed by atoms with Crippen molar-refractivity contribution in [1.29, 1.82) is 0 Å². The summed E-state index contributed by atoms with van der Waals surface area (Å²) in [6.45, 7) is 14.7. The lowest BCUT2D eigenvalue weighted by Gasteiger charge is -2.40. The lowest BCUT2D eigenvalue weighted by Crippen LogP contribution is -2.50. The van der Waals surface area contributed by atoms with Gasteiger partial charge in [0, 0.05) is 32.2 Å². The van der Waals surface area contributed by atoms with Crippen LogP contribution in [0.25, 0.3) is 0 Å². The Bertz CT molecular complexity index is 1220. The number of ether oxygens (including phenoxy) is 3. The lowest BCUT2D eigenvalue weighted by molar-refractivity contribution is -0.124. The van der Waals surface area contributed by atoms with Crippen LogP contribution in [-0.2, 0) is 36.8 Å². The zero-order valence-corrected chi connectivity index (χ0v) is 25.5. The van der Waals surface area contributed by atoms with Crippen molar-refractivity contribution < 1.29 is 23.4 Å². The van der Waals surface area contributed by atoms with Crippen LogP contribution in [-0.4, -0.2) is 48.7 Å². The van der Waals surface area contributed by atoms with E-state index in [2.05, 4.69) is 33.9 Å². The van der Waals surface area contributed by atoms with Crippen LogP contribution in [0.3, 0.4) is 0 Å². The molecule has 0 N–H and O–H groups in total. The van der Waals surface area contributed by atoms with E-state index in [1.54, 1.807) is 7.11 Å². The number of aromatic nitrogens is 2. The second-order valence-corrected chi connectivity index (χ2v) is 16.9. The molecule has 1 aromatic carbocycles. The number of nitrogens with zero attached hydrogens (tertiary/aromatic N) is 2. The smallest absolute Gasteiger partial charge is 0.335 e. The molecule has 216 valence electrons. The maximum Gasteiger partial charge on any atom is 0.335 e. The fourth-order valence-corrected chi connectivity index (χ4v) is 5.76. The van der Waals surface area contributed by atoms with Gasteiger partial charge >= 0.3 is 5.69 Å². The molecule has 0 amide bonds. The molecule has 0 spiro atoms. The summed E-state index contributed by atoms with van der Waals surface area (Å²) in [7, 11) is -0.754. The lowest BCUT2D eigenvalue weighted by atomic mass is 9.99. The van der Waals surface area contributed by atoms with E-state index < -0.39 is 44.1 Å². The Hall–Kier alpha value is -2.37. The van der Waals surface area contributed by atoms with Crippen molar-refractivity contribution >= 4 is 14.1 Å². The van der Waals surface area contributed by atoms with Crippen molar-refractivity contribution in [2.24, 2.45) is 5.92 Å². The van der Waals surface area contributed by atoms with E-state index in [0.717, 1.165) is 10.1 Å². The second-order valence-electron chi connectivity index (χ2n) is 12.2. The van der Waals surface area contributed by atoms with Crippen LogP contribution >= 0.6 is 0 Å². The normalized spacial score (nSPS) is 22.0. The molecule has 1 aliphatic rings. The monoisotopic (exact) mass is 560 g/mol. The molecular weight excluding hydrogens is 516 g/mol. The molecule has 1 fully saturated rings. The van der Waals surface area contributed by atoms with E-state index in [4.69, 9.17) is 18.6 Å². The van der Waals surface area contributed by atoms with Crippen LogP contribution in [0.2, 0.25) is 18.1 Å². The second kappa shape index (κ2) is 12.9. The summed E-state index contributed by atoms with van der Waals surface area (Å²) in [5, 5.41) is -0.0873. The number of ketones is 1. The molecule has 10 heteroatoms. The van der Waals surface area contributed by atoms with Crippen LogP contribution < -0.4 is 11.2 Å². The summed E-state index contributed by atoms with van der Waals surface area (Å²) in [5.41, 5.74) is -0.128. The molecule has 0 bridgehead atoms. The first-order valence-corrected chi connectivity index (χ1v) is 16.5. The zero-order chi connectivity index (χ0) is 29.0. The highest BCUT2D eigenvalue weighted by Gasteiger charge is 2.51. The Labute approximate surface area is 232 Å². The van der Waals surface area contributed by atoms with Crippen molar-refractivity contribution in [3.8, 4) is 0 Å². The van der Waals surface area contributed by atoms with E-state index in [9.17, 15) is 14.4 Å². The van der Waals surface area contributed by atoms with E-state index in [0.29, 0.717) is 6.42 Å². The third-order valence-electron chi connectivity index (χ3n) is 7.56. The van der Waals surface area contributed by atoms with Gasteiger partial charge in [-0.1, -0.05) is 65.0 Å². The van der Waals surface area contributed by atoms with Gasteiger partial charge in [0.05, 0.1) is 12.7 Å². The Kier molecular flexibility index (Phi) is 10.3. The van der Waals surface area contributed by atoms with Gasteiger partial charge in [0.15, 0.2) is 14.5 Å². The molecule has 2 heterocycles. The SMILES string of the molecule is CO[C@@H]1[C@H](O[Si](C)(C)C(C)(C)C)[C@@H](CC(=O)CC(C)C)O[C@H]1n1ccc(=O)n(COCc2ccccc2)c1=O. The first-order valence-electron chi connectivity index (χ1n) is 13.6. The number of carbonyl (C=O) groups is 1. The Morgan fingerprint density at radius 2 is 1.74 bits per heavy atom. The fraction of sp³-hybridized carbons (Fsp3) is 0.621. The van der Waals surface area contributed by atoms with Gasteiger partial charge in [-0.3, -0.25) is 14.2 Å². The molecule has 0 aliphatic carbocycles. The summed E-state index contributed by atoms with van der Waals surface area (Å²) in [6.07, 6.45) is -0.696. The molecule has 0 saturated carbocycles. The van der Waals surface area contributed by atoms with Crippen LogP contribution in [0, 0.1) is 5.92 Å². The molecule has 3 rings (SSSR count). The van der Waals surface area contributed by atoms with Crippen molar-refractivity contribution in [3.63, 3.8) is 0 Å². The average molecular weight is 561 g/mol. The minimum Gasteiger partial charge on any atom is -0.408 e. The highest BCUT2D eigenvalue weighted by atomic mass is 28.4. The summed E-state index contributed by atoms with van der Waals surface area (Å²) in [5.74, 6) is 0.288. The number of benzene rings is 1. The maximum absolute atomic E-state index is 13.5. The number of carbonyl (C=O) groups excluding carboxylic acids is 1. The first kappa shape index (κ1) is 31.2. The van der Waals surface area contributed by atoms with Crippen LogP contribution in [0.15, 0.2) is 52.2 Å². The Morgan fingerprint density at radius 1 is 1.08 bits per heavy atom. The number of Topliss-reactive ketones (excluding diaryl/α,β-unsaturated/α-hetero) is 1. The van der Waals surface area contributed by atoms with Crippen LogP contribution in [0.1, 0.15) is 59.3 Å². The Balaban J connectivity index is 1.92. The molecule has 2 aromatic rings. The predicted molar refractivity (Wildman–Crippen MR) is 152 cm³/mol. The Morgan fingerprint density at radius 3 is 2.33 bits per heavy atom. The van der Waals surface area contributed by atoms with Crippen molar-refractivity contribution in [1.82, 2.24) is 9.13 Å². The quantitative estimate of drug-likeness (QED) is 0.353. The van der Waals surface area contributed by atoms with Gasteiger partial charge in [0.2, 0.25) is 0 Å². The molecule has 39 heavy (non-hydrogen) atoms. The molecule has 9 nitrogen and oxygen atoms in total. The first-order chi connectivity index (χ1) is 18.2. The van der Waals surface area contributed by atoms with E-state index in [1.807, 2.05) is 44.2 Å². The van der Waals surface area contributed by atoms with Gasteiger partial charge in [-0.2, -0.15) is 0 Å². The largest absolute Gasteiger partial charge is 0.408 e. The van der Waals surface area contributed by atoms with Gasteiger partial charge in [-0.05, 0) is 29.6 Å². The van der Waals surface area contributed by atoms with Gasteiger partial charge in [-0.15, -0.1) is 0 Å². The zero-order valence-electron chi connectivity index (χ0n) is 24.5. The van der Waals surface area contributed by atoms with Crippen LogP contribution in [0.5, 0.6) is 0 Å². The summed E-state index contributed by atoms with van der Waals surface area (Å²) in [6, 6.07) is 10.8. The number of hydrogen-bond acceptors (Lipinski definition) is 7. The molecule has 4 atom stereocenters. The number of methoxy groups -OCH3 is 1. The van der Waals surface area contributed by atoms with Gasteiger partial charge in [-0.25, -0.2) is 9.36 Å². The maximum atomic E-state index is 13.5. The van der Waals surface area contributed by atoms with Gasteiger partial charge < -0.3 is 18.6 Å². The third kappa shape index (κ3) is 7.64. The highest BCUT2D eigenvalue weighted by molar-refractivity contribution is 6.74. The number of rotatable bonds is 12. The van der Waals surface area contributed by atoms with Gasteiger partial charge in [0.25, 0.3) is 5.56 Å². The molecule has 1 aromatic heterocycles. The molecule has 0 unspecified atom stereocenters. The van der Waals surface area contributed by atoms with E-state index in [-0.39, 0.29) is 36.5 Å². The fourth-order valence-electron chi connectivity index (χ4n) is 4.44. The predicted octanol–water partition coefficient (Wildman–Crippen LogP) is 4.49. The standard InChI is InChI=1S/C29H44N2O7Si/c1-20(2)16-22(32)17-23-25(38-39(7,8)29(3,4)5)26(35-6)27(37-23)30-15-14-24(33)31(28(30)34)19-36-18-21-12-10-9-11-13-21/h9-15,20,23,25-27H,16-19H2,1-8H3/t23-,25-,26-,27-/m1/s1. The topological polar surface area (TPSA) is 98.0 Å². The molecule has 0 radical (unpaired) electrons. The summed E-state index contributed by atoms with van der Waals surface area (Å²) < 4.78 is 27.1. The molecular formula is C29H44N2O7Si. The average Bonchev–Trinajstić information content (AvgIpc) is 3.16. The van der Waals surface area contributed by atoms with E-state index in [1.165, 1.54) is 16.8 Å². The minimum absolute atomic E-state index is 0.0703. The van der Waals surface area contributed by atoms with Crippen LogP contribution in [0.4, 0.5) is 0 Å². The molecule has 1 aliphatic heterocycles. The van der Waals surface area contributed by atoms with E-state index >= 15 is 0 Å². The summed E-state index contributed by atoms with van der Waals surface area (Å²) in [4.78, 5) is 39.0. The third-order valence-corrected chi connectivity index (χ3v) is 12.0.